The van der Waals surface area contributed by atoms with Crippen LogP contribution in [-0.4, -0.2) is 30.0 Å². The summed E-state index contributed by atoms with van der Waals surface area (Å²) in [5.41, 5.74) is 6.60. The number of hydrogen-bond acceptors (Lipinski definition) is 3. The fourth-order valence-corrected chi connectivity index (χ4v) is 2.83. The van der Waals surface area contributed by atoms with Crippen LogP contribution in [0.25, 0.3) is 0 Å². The van der Waals surface area contributed by atoms with E-state index in [9.17, 15) is 4.79 Å². The zero-order valence-corrected chi connectivity index (χ0v) is 12.3. The molecule has 1 fully saturated rings. The van der Waals surface area contributed by atoms with E-state index in [1.54, 1.807) is 0 Å². The van der Waals surface area contributed by atoms with Crippen LogP contribution in [0.4, 0.5) is 0 Å². The molecule has 1 unspecified atom stereocenters. The van der Waals surface area contributed by atoms with E-state index in [-0.39, 0.29) is 12.5 Å². The molecule has 1 aromatic carbocycles. The van der Waals surface area contributed by atoms with Crippen LogP contribution in [0.3, 0.4) is 0 Å². The highest BCUT2D eigenvalue weighted by molar-refractivity contribution is 5.78. The number of ether oxygens (including phenoxy) is 1. The second-order valence-corrected chi connectivity index (χ2v) is 5.64. The SMILES string of the molecule is CC(C)C1CCCN1C(=O)COc1ccccc1CN. The van der Waals surface area contributed by atoms with Crippen molar-refractivity contribution in [2.24, 2.45) is 11.7 Å². The van der Waals surface area contributed by atoms with Crippen LogP contribution in [-0.2, 0) is 11.3 Å². The Morgan fingerprint density at radius 2 is 2.20 bits per heavy atom. The van der Waals surface area contributed by atoms with Gasteiger partial charge in [-0.1, -0.05) is 32.0 Å². The fraction of sp³-hybridized carbons (Fsp3) is 0.562. The molecule has 4 heteroatoms. The zero-order chi connectivity index (χ0) is 14.5. The minimum Gasteiger partial charge on any atom is -0.483 e. The van der Waals surface area contributed by atoms with Gasteiger partial charge in [0.25, 0.3) is 5.91 Å². The molecular weight excluding hydrogens is 252 g/mol. The van der Waals surface area contributed by atoms with Crippen molar-refractivity contribution in [2.75, 3.05) is 13.2 Å². The Morgan fingerprint density at radius 3 is 2.90 bits per heavy atom. The van der Waals surface area contributed by atoms with E-state index in [0.717, 1.165) is 24.9 Å². The van der Waals surface area contributed by atoms with Gasteiger partial charge in [0.05, 0.1) is 0 Å². The molecule has 1 atom stereocenters. The molecule has 4 nitrogen and oxygen atoms in total. The number of rotatable bonds is 5. The lowest BCUT2D eigenvalue weighted by molar-refractivity contribution is -0.134. The molecule has 0 radical (unpaired) electrons. The fourth-order valence-electron chi connectivity index (χ4n) is 2.83. The van der Waals surface area contributed by atoms with Gasteiger partial charge in [-0.2, -0.15) is 0 Å². The Hall–Kier alpha value is -1.55. The van der Waals surface area contributed by atoms with Crippen molar-refractivity contribution < 1.29 is 9.53 Å². The molecule has 110 valence electrons. The third-order valence-electron chi connectivity index (χ3n) is 3.93. The average Bonchev–Trinajstić information content (AvgIpc) is 2.94. The monoisotopic (exact) mass is 276 g/mol. The number of nitrogens with two attached hydrogens (primary N) is 1. The van der Waals surface area contributed by atoms with Gasteiger partial charge in [0.2, 0.25) is 0 Å². The minimum atomic E-state index is 0.0769. The van der Waals surface area contributed by atoms with Gasteiger partial charge >= 0.3 is 0 Å². The molecule has 20 heavy (non-hydrogen) atoms. The number of carbonyl (C=O) groups excluding carboxylic acids is 1. The number of hydrogen-bond donors (Lipinski definition) is 1. The number of para-hydroxylation sites is 1. The molecule has 1 aromatic rings. The summed E-state index contributed by atoms with van der Waals surface area (Å²) in [7, 11) is 0. The molecule has 1 amide bonds. The highest BCUT2D eigenvalue weighted by Crippen LogP contribution is 2.24. The van der Waals surface area contributed by atoms with Crippen LogP contribution in [0.2, 0.25) is 0 Å². The van der Waals surface area contributed by atoms with Gasteiger partial charge in [-0.15, -0.1) is 0 Å². The van der Waals surface area contributed by atoms with Gasteiger partial charge < -0.3 is 15.4 Å². The first-order chi connectivity index (χ1) is 9.63. The quantitative estimate of drug-likeness (QED) is 0.896. The van der Waals surface area contributed by atoms with Crippen LogP contribution in [0.15, 0.2) is 24.3 Å². The van der Waals surface area contributed by atoms with E-state index in [1.807, 2.05) is 29.2 Å². The Labute approximate surface area is 120 Å². The summed E-state index contributed by atoms with van der Waals surface area (Å²) >= 11 is 0. The molecule has 2 N–H and O–H groups in total. The highest BCUT2D eigenvalue weighted by Gasteiger charge is 2.30. The number of nitrogens with zero attached hydrogens (tertiary/aromatic N) is 1. The lowest BCUT2D eigenvalue weighted by Crippen LogP contribution is -2.41. The molecule has 0 bridgehead atoms. The standard InChI is InChI=1S/C16H24N2O2/c1-12(2)14-7-5-9-18(14)16(19)11-20-15-8-4-3-6-13(15)10-17/h3-4,6,8,12,14H,5,7,9-11,17H2,1-2H3. The van der Waals surface area contributed by atoms with E-state index in [1.165, 1.54) is 0 Å². The van der Waals surface area contributed by atoms with E-state index < -0.39 is 0 Å². The second kappa shape index (κ2) is 6.75. The maximum Gasteiger partial charge on any atom is 0.260 e. The van der Waals surface area contributed by atoms with Gasteiger partial charge in [0, 0.05) is 24.7 Å². The lowest BCUT2D eigenvalue weighted by Gasteiger charge is -2.27. The van der Waals surface area contributed by atoms with Crippen molar-refractivity contribution in [3.63, 3.8) is 0 Å². The molecule has 1 aliphatic rings. The largest absolute Gasteiger partial charge is 0.483 e. The summed E-state index contributed by atoms with van der Waals surface area (Å²) in [6.45, 7) is 5.70. The molecule has 1 aliphatic heterocycles. The smallest absolute Gasteiger partial charge is 0.260 e. The number of carbonyl (C=O) groups is 1. The van der Waals surface area contributed by atoms with Gasteiger partial charge in [-0.25, -0.2) is 0 Å². The predicted octanol–water partition coefficient (Wildman–Crippen LogP) is 2.17. The topological polar surface area (TPSA) is 55.6 Å². The maximum atomic E-state index is 12.3. The molecule has 1 saturated heterocycles. The van der Waals surface area contributed by atoms with Gasteiger partial charge in [0.1, 0.15) is 5.75 Å². The van der Waals surface area contributed by atoms with Gasteiger partial charge in [0.15, 0.2) is 6.61 Å². The molecule has 0 aliphatic carbocycles. The summed E-state index contributed by atoms with van der Waals surface area (Å²) in [6.07, 6.45) is 2.19. The van der Waals surface area contributed by atoms with Crippen LogP contribution in [0.1, 0.15) is 32.3 Å². The Balaban J connectivity index is 1.95. The summed E-state index contributed by atoms with van der Waals surface area (Å²) in [6, 6.07) is 7.96. The Kier molecular flexibility index (Phi) is 5.01. The molecule has 0 aromatic heterocycles. The normalized spacial score (nSPS) is 18.6. The van der Waals surface area contributed by atoms with Crippen molar-refractivity contribution in [1.82, 2.24) is 4.90 Å². The summed E-state index contributed by atoms with van der Waals surface area (Å²) in [5, 5.41) is 0. The number of likely N-dealkylation sites (tertiary alicyclic amines) is 1. The van der Waals surface area contributed by atoms with E-state index in [4.69, 9.17) is 10.5 Å². The second-order valence-electron chi connectivity index (χ2n) is 5.64. The first-order valence-corrected chi connectivity index (χ1v) is 7.33. The average molecular weight is 276 g/mol. The summed E-state index contributed by atoms with van der Waals surface area (Å²) < 4.78 is 5.66. The first-order valence-electron chi connectivity index (χ1n) is 7.33. The zero-order valence-electron chi connectivity index (χ0n) is 12.3. The lowest BCUT2D eigenvalue weighted by atomic mass is 10.0. The van der Waals surface area contributed by atoms with Crippen LogP contribution in [0.5, 0.6) is 5.75 Å². The van der Waals surface area contributed by atoms with E-state index in [0.29, 0.717) is 24.3 Å². The van der Waals surface area contributed by atoms with Crippen molar-refractivity contribution in [1.29, 1.82) is 0 Å². The molecule has 0 spiro atoms. The molecule has 1 heterocycles. The summed E-state index contributed by atoms with van der Waals surface area (Å²) in [4.78, 5) is 14.3. The summed E-state index contributed by atoms with van der Waals surface area (Å²) in [5.74, 6) is 1.29. The number of amides is 1. The van der Waals surface area contributed by atoms with E-state index in [2.05, 4.69) is 13.8 Å². The highest BCUT2D eigenvalue weighted by atomic mass is 16.5. The molecule has 0 saturated carbocycles. The van der Waals surface area contributed by atoms with Crippen LogP contribution >= 0.6 is 0 Å². The predicted molar refractivity (Wildman–Crippen MR) is 79.4 cm³/mol. The van der Waals surface area contributed by atoms with Gasteiger partial charge in [-0.3, -0.25) is 4.79 Å². The van der Waals surface area contributed by atoms with Crippen molar-refractivity contribution in [3.05, 3.63) is 29.8 Å². The third kappa shape index (κ3) is 3.31. The van der Waals surface area contributed by atoms with Gasteiger partial charge in [-0.05, 0) is 24.8 Å². The van der Waals surface area contributed by atoms with Crippen LogP contribution in [0, 0.1) is 5.92 Å². The van der Waals surface area contributed by atoms with Crippen molar-refractivity contribution in [2.45, 2.75) is 39.3 Å². The van der Waals surface area contributed by atoms with E-state index >= 15 is 0 Å². The van der Waals surface area contributed by atoms with Crippen molar-refractivity contribution in [3.8, 4) is 5.75 Å². The third-order valence-corrected chi connectivity index (χ3v) is 3.93. The Morgan fingerprint density at radius 1 is 1.45 bits per heavy atom. The van der Waals surface area contributed by atoms with Crippen LogP contribution < -0.4 is 10.5 Å². The van der Waals surface area contributed by atoms with Crippen molar-refractivity contribution >= 4 is 5.91 Å². The minimum absolute atomic E-state index is 0.0769. The maximum absolute atomic E-state index is 12.3. The number of benzene rings is 1. The molecule has 2 rings (SSSR count). The first kappa shape index (κ1) is 14.9. The molecular formula is C16H24N2O2. The Bertz CT molecular complexity index is 460.